The Morgan fingerprint density at radius 2 is 1.94 bits per heavy atom. The van der Waals surface area contributed by atoms with Gasteiger partial charge in [0.1, 0.15) is 0 Å². The molecule has 0 saturated heterocycles. The normalized spacial score (nSPS) is 12.2. The predicted molar refractivity (Wildman–Crippen MR) is 68.2 cm³/mol. The number of hydrogen-bond donors (Lipinski definition) is 1. The molecule has 0 radical (unpaired) electrons. The number of rotatable bonds is 6. The van der Waals surface area contributed by atoms with E-state index in [-0.39, 0.29) is 5.56 Å². The molecule has 1 aromatic rings. The van der Waals surface area contributed by atoms with Gasteiger partial charge in [0.15, 0.2) is 0 Å². The topological polar surface area (TPSA) is 12.0 Å². The van der Waals surface area contributed by atoms with Gasteiger partial charge in [0.2, 0.25) is 0 Å². The minimum absolute atomic E-state index is 0.0731. The Bertz CT molecular complexity index is 355. The van der Waals surface area contributed by atoms with Crippen LogP contribution in [0.3, 0.4) is 0 Å². The summed E-state index contributed by atoms with van der Waals surface area (Å²) in [7, 11) is 0. The smallest absolute Gasteiger partial charge is 0.263 e. The lowest BCUT2D eigenvalue weighted by Gasteiger charge is -2.04. The van der Waals surface area contributed by atoms with Crippen LogP contribution in [0.2, 0.25) is 0 Å². The van der Waals surface area contributed by atoms with E-state index < -0.39 is 6.43 Å². The van der Waals surface area contributed by atoms with Crippen LogP contribution in [0, 0.1) is 0 Å². The first-order chi connectivity index (χ1) is 8.13. The van der Waals surface area contributed by atoms with Gasteiger partial charge in [0, 0.05) is 12.1 Å². The van der Waals surface area contributed by atoms with Crippen molar-refractivity contribution in [2.45, 2.75) is 26.7 Å². The van der Waals surface area contributed by atoms with Gasteiger partial charge in [-0.3, -0.25) is 0 Å². The number of nitrogens with one attached hydrogen (secondary N) is 1. The highest BCUT2D eigenvalue weighted by atomic mass is 19.3. The summed E-state index contributed by atoms with van der Waals surface area (Å²) in [5.41, 5.74) is 2.23. The monoisotopic (exact) mass is 239 g/mol. The summed E-state index contributed by atoms with van der Waals surface area (Å²) in [5.74, 6) is 0. The number of alkyl halides is 2. The van der Waals surface area contributed by atoms with Gasteiger partial charge in [-0.15, -0.1) is 0 Å². The summed E-state index contributed by atoms with van der Waals surface area (Å²) < 4.78 is 24.7. The Labute approximate surface area is 102 Å². The lowest BCUT2D eigenvalue weighted by atomic mass is 10.1. The molecule has 94 valence electrons. The fourth-order valence-corrected chi connectivity index (χ4v) is 1.54. The van der Waals surface area contributed by atoms with Crippen molar-refractivity contribution >= 4 is 6.08 Å². The van der Waals surface area contributed by atoms with E-state index in [0.29, 0.717) is 0 Å². The molecule has 0 unspecified atom stereocenters. The van der Waals surface area contributed by atoms with Crippen molar-refractivity contribution in [1.82, 2.24) is 5.32 Å². The molecule has 0 saturated carbocycles. The van der Waals surface area contributed by atoms with Crippen molar-refractivity contribution < 1.29 is 8.78 Å². The fourth-order valence-electron chi connectivity index (χ4n) is 1.54. The van der Waals surface area contributed by atoms with Crippen LogP contribution < -0.4 is 5.32 Å². The molecule has 17 heavy (non-hydrogen) atoms. The molecule has 0 spiro atoms. The minimum Gasteiger partial charge on any atom is -0.313 e. The van der Waals surface area contributed by atoms with E-state index in [4.69, 9.17) is 0 Å². The van der Waals surface area contributed by atoms with Gasteiger partial charge >= 0.3 is 0 Å². The van der Waals surface area contributed by atoms with Gasteiger partial charge < -0.3 is 5.32 Å². The molecule has 0 fully saturated rings. The van der Waals surface area contributed by atoms with Gasteiger partial charge in [0.05, 0.1) is 0 Å². The molecular formula is C14H19F2N. The van der Waals surface area contributed by atoms with Crippen molar-refractivity contribution in [3.63, 3.8) is 0 Å². The summed E-state index contributed by atoms with van der Waals surface area (Å²) in [6, 6.07) is 6.40. The maximum absolute atomic E-state index is 12.3. The third-order valence-corrected chi connectivity index (χ3v) is 2.43. The van der Waals surface area contributed by atoms with Gasteiger partial charge in [0.25, 0.3) is 6.43 Å². The van der Waals surface area contributed by atoms with E-state index in [1.54, 1.807) is 12.1 Å². The molecular weight excluding hydrogens is 220 g/mol. The molecule has 3 heteroatoms. The quantitative estimate of drug-likeness (QED) is 0.739. The molecule has 0 aromatic heterocycles. The van der Waals surface area contributed by atoms with Crippen LogP contribution in [0.4, 0.5) is 8.78 Å². The van der Waals surface area contributed by atoms with Crippen molar-refractivity contribution in [3.8, 4) is 0 Å². The third kappa shape index (κ3) is 5.09. The number of halogens is 2. The molecule has 0 bridgehead atoms. The van der Waals surface area contributed by atoms with Crippen molar-refractivity contribution in [3.05, 3.63) is 41.0 Å². The molecule has 0 atom stereocenters. The Kier molecular flexibility index (Phi) is 5.84. The van der Waals surface area contributed by atoms with Gasteiger partial charge in [-0.1, -0.05) is 42.8 Å². The van der Waals surface area contributed by atoms with Gasteiger partial charge in [-0.2, -0.15) is 0 Å². The van der Waals surface area contributed by atoms with Crippen LogP contribution in [0.5, 0.6) is 0 Å². The average Bonchev–Trinajstić information content (AvgIpc) is 2.30. The van der Waals surface area contributed by atoms with E-state index in [1.165, 1.54) is 17.7 Å². The summed E-state index contributed by atoms with van der Waals surface area (Å²) in [6.07, 6.45) is 0.731. The molecule has 1 N–H and O–H groups in total. The Morgan fingerprint density at radius 3 is 2.47 bits per heavy atom. The summed E-state index contributed by atoms with van der Waals surface area (Å²) in [5, 5.41) is 3.30. The SMILES string of the molecule is CCCNC/C(C)=C/c1ccc(C(F)F)cc1. The maximum atomic E-state index is 12.3. The molecule has 1 rings (SSSR count). The van der Waals surface area contributed by atoms with E-state index >= 15 is 0 Å². The average molecular weight is 239 g/mol. The molecule has 0 amide bonds. The van der Waals surface area contributed by atoms with Crippen molar-refractivity contribution in [1.29, 1.82) is 0 Å². The number of benzene rings is 1. The standard InChI is InChI=1S/C14H19F2N/c1-3-8-17-10-11(2)9-12-4-6-13(7-5-12)14(15)16/h4-7,9,14,17H,3,8,10H2,1-2H3/b11-9+. The Morgan fingerprint density at radius 1 is 1.29 bits per heavy atom. The van der Waals surface area contributed by atoms with Crippen LogP contribution >= 0.6 is 0 Å². The van der Waals surface area contributed by atoms with Crippen molar-refractivity contribution in [2.75, 3.05) is 13.1 Å². The summed E-state index contributed by atoms with van der Waals surface area (Å²) in [6.45, 7) is 5.98. The summed E-state index contributed by atoms with van der Waals surface area (Å²) >= 11 is 0. The van der Waals surface area contributed by atoms with Crippen molar-refractivity contribution in [2.24, 2.45) is 0 Å². The molecule has 1 aromatic carbocycles. The second kappa shape index (κ2) is 7.17. The van der Waals surface area contributed by atoms with Crippen LogP contribution in [0.25, 0.3) is 6.08 Å². The second-order valence-electron chi connectivity index (χ2n) is 4.13. The molecule has 0 aliphatic heterocycles. The van der Waals surface area contributed by atoms with E-state index in [0.717, 1.165) is 25.1 Å². The van der Waals surface area contributed by atoms with E-state index in [1.807, 2.05) is 13.0 Å². The summed E-state index contributed by atoms with van der Waals surface area (Å²) in [4.78, 5) is 0. The van der Waals surface area contributed by atoms with Crippen LogP contribution in [-0.4, -0.2) is 13.1 Å². The first kappa shape index (κ1) is 13.8. The minimum atomic E-state index is -2.39. The lowest BCUT2D eigenvalue weighted by molar-refractivity contribution is 0.151. The molecule has 0 heterocycles. The zero-order valence-electron chi connectivity index (χ0n) is 10.3. The third-order valence-electron chi connectivity index (χ3n) is 2.43. The van der Waals surface area contributed by atoms with Crippen LogP contribution in [0.1, 0.15) is 37.8 Å². The first-order valence-corrected chi connectivity index (χ1v) is 5.89. The zero-order chi connectivity index (χ0) is 12.7. The molecule has 0 aliphatic carbocycles. The Balaban J connectivity index is 2.58. The van der Waals surface area contributed by atoms with E-state index in [2.05, 4.69) is 12.2 Å². The zero-order valence-corrected chi connectivity index (χ0v) is 10.3. The molecule has 1 nitrogen and oxygen atoms in total. The lowest BCUT2D eigenvalue weighted by Crippen LogP contribution is -2.16. The highest BCUT2D eigenvalue weighted by Crippen LogP contribution is 2.19. The maximum Gasteiger partial charge on any atom is 0.263 e. The fraction of sp³-hybridized carbons (Fsp3) is 0.429. The number of hydrogen-bond acceptors (Lipinski definition) is 1. The Hall–Kier alpha value is -1.22. The highest BCUT2D eigenvalue weighted by Gasteiger charge is 2.04. The van der Waals surface area contributed by atoms with Gasteiger partial charge in [-0.05, 0) is 25.5 Å². The molecule has 0 aliphatic rings. The van der Waals surface area contributed by atoms with Gasteiger partial charge in [-0.25, -0.2) is 8.78 Å². The predicted octanol–water partition coefficient (Wildman–Crippen LogP) is 4.03. The largest absolute Gasteiger partial charge is 0.313 e. The van der Waals surface area contributed by atoms with Crippen LogP contribution in [-0.2, 0) is 0 Å². The highest BCUT2D eigenvalue weighted by molar-refractivity contribution is 5.53. The van der Waals surface area contributed by atoms with Crippen LogP contribution in [0.15, 0.2) is 29.8 Å². The second-order valence-corrected chi connectivity index (χ2v) is 4.13. The first-order valence-electron chi connectivity index (χ1n) is 5.89. The van der Waals surface area contributed by atoms with E-state index in [9.17, 15) is 8.78 Å².